The lowest BCUT2D eigenvalue weighted by atomic mass is 9.93. The highest BCUT2D eigenvalue weighted by Gasteiger charge is 2.31. The van der Waals surface area contributed by atoms with Gasteiger partial charge in [-0.15, -0.1) is 0 Å². The quantitative estimate of drug-likeness (QED) is 0.370. The molecule has 0 bridgehead atoms. The standard InChI is InChI=1S/C18H12FN9/c19-11-4-3-9(14-8(11)2-1-5-24-14)15-12-13(22)10(6-20)16(23)27-17(12)28-18(26-15)25-7-21/h1-5,15H,(H6,22,23,25,26,27,28). The van der Waals surface area contributed by atoms with E-state index in [0.717, 1.165) is 0 Å². The summed E-state index contributed by atoms with van der Waals surface area (Å²) in [5.74, 6) is -0.114. The maximum atomic E-state index is 14.2. The molecule has 3 heterocycles. The maximum Gasteiger partial charge on any atom is 0.211 e. The Hall–Kier alpha value is -4.44. The first-order valence-corrected chi connectivity index (χ1v) is 8.07. The number of nitriles is 2. The first-order valence-electron chi connectivity index (χ1n) is 8.07. The molecule has 2 aromatic heterocycles. The van der Waals surface area contributed by atoms with Crippen LogP contribution in [0.1, 0.15) is 22.7 Å². The Labute approximate surface area is 158 Å². The van der Waals surface area contributed by atoms with Crippen molar-refractivity contribution in [1.29, 1.82) is 10.5 Å². The van der Waals surface area contributed by atoms with Crippen LogP contribution in [0.25, 0.3) is 10.9 Å². The molecule has 1 atom stereocenters. The second-order valence-corrected chi connectivity index (χ2v) is 5.94. The van der Waals surface area contributed by atoms with Crippen LogP contribution in [0.3, 0.4) is 0 Å². The summed E-state index contributed by atoms with van der Waals surface area (Å²) in [6.45, 7) is 0. The molecule has 0 aliphatic carbocycles. The molecule has 6 N–H and O–H groups in total. The van der Waals surface area contributed by atoms with Crippen LogP contribution in [0, 0.1) is 28.6 Å². The lowest BCUT2D eigenvalue weighted by Crippen LogP contribution is -2.32. The molecule has 9 nitrogen and oxygen atoms in total. The molecule has 0 amide bonds. The number of benzene rings is 1. The molecule has 10 heteroatoms. The lowest BCUT2D eigenvalue weighted by molar-refractivity contribution is 0.638. The van der Waals surface area contributed by atoms with Crippen molar-refractivity contribution in [1.82, 2.24) is 15.3 Å². The number of nitrogens with two attached hydrogens (primary N) is 2. The molecule has 1 aliphatic rings. The second-order valence-electron chi connectivity index (χ2n) is 5.94. The number of pyridine rings is 2. The van der Waals surface area contributed by atoms with Gasteiger partial charge in [0.25, 0.3) is 0 Å². The van der Waals surface area contributed by atoms with Gasteiger partial charge in [-0.2, -0.15) is 10.5 Å². The molecule has 0 saturated heterocycles. The number of aromatic nitrogens is 2. The summed E-state index contributed by atoms with van der Waals surface area (Å²) in [7, 11) is 0. The van der Waals surface area contributed by atoms with Gasteiger partial charge in [0.1, 0.15) is 35.1 Å². The van der Waals surface area contributed by atoms with Crippen molar-refractivity contribution in [2.24, 2.45) is 4.99 Å². The summed E-state index contributed by atoms with van der Waals surface area (Å²) < 4.78 is 14.2. The molecule has 0 saturated carbocycles. The van der Waals surface area contributed by atoms with Crippen LogP contribution in [0.4, 0.5) is 21.7 Å². The van der Waals surface area contributed by atoms with Crippen molar-refractivity contribution in [3.63, 3.8) is 0 Å². The molecular weight excluding hydrogens is 361 g/mol. The molecular formula is C18H12FN9. The summed E-state index contributed by atoms with van der Waals surface area (Å²) in [5, 5.41) is 23.9. The van der Waals surface area contributed by atoms with E-state index in [4.69, 9.17) is 16.7 Å². The van der Waals surface area contributed by atoms with E-state index < -0.39 is 11.9 Å². The van der Waals surface area contributed by atoms with Crippen LogP contribution in [0.5, 0.6) is 0 Å². The fourth-order valence-electron chi connectivity index (χ4n) is 3.19. The van der Waals surface area contributed by atoms with Gasteiger partial charge in [-0.1, -0.05) is 6.07 Å². The molecule has 1 aliphatic heterocycles. The molecule has 28 heavy (non-hydrogen) atoms. The molecule has 0 radical (unpaired) electrons. The third-order valence-electron chi connectivity index (χ3n) is 4.40. The minimum atomic E-state index is -0.787. The summed E-state index contributed by atoms with van der Waals surface area (Å²) in [6, 6.07) is 7.23. The zero-order valence-electron chi connectivity index (χ0n) is 14.2. The number of aliphatic imine (C=N–C) groups is 1. The minimum absolute atomic E-state index is 0.0248. The number of hydrogen-bond acceptors (Lipinski definition) is 9. The zero-order valence-corrected chi connectivity index (χ0v) is 14.2. The Bertz CT molecular complexity index is 1240. The molecule has 0 spiro atoms. The summed E-state index contributed by atoms with van der Waals surface area (Å²) in [4.78, 5) is 12.9. The van der Waals surface area contributed by atoms with Crippen molar-refractivity contribution in [3.05, 3.63) is 53.0 Å². The van der Waals surface area contributed by atoms with Crippen LogP contribution in [-0.4, -0.2) is 15.9 Å². The average molecular weight is 373 g/mol. The highest BCUT2D eigenvalue weighted by molar-refractivity contribution is 5.99. The third kappa shape index (κ3) is 2.48. The number of fused-ring (bicyclic) bond motifs is 2. The topological polar surface area (TPSA) is 162 Å². The van der Waals surface area contributed by atoms with Gasteiger partial charge in [-0.3, -0.25) is 10.3 Å². The zero-order chi connectivity index (χ0) is 19.8. The van der Waals surface area contributed by atoms with Crippen molar-refractivity contribution in [3.8, 4) is 12.3 Å². The van der Waals surface area contributed by atoms with E-state index >= 15 is 0 Å². The lowest BCUT2D eigenvalue weighted by Gasteiger charge is -2.26. The molecule has 4 rings (SSSR count). The Morgan fingerprint density at radius 3 is 2.79 bits per heavy atom. The third-order valence-corrected chi connectivity index (χ3v) is 4.40. The number of nitrogen functional groups attached to an aromatic ring is 2. The van der Waals surface area contributed by atoms with Crippen molar-refractivity contribution in [2.45, 2.75) is 6.04 Å². The van der Waals surface area contributed by atoms with E-state index in [-0.39, 0.29) is 28.8 Å². The van der Waals surface area contributed by atoms with E-state index in [0.29, 0.717) is 22.0 Å². The number of halogens is 1. The number of anilines is 3. The normalized spacial score (nSPS) is 15.0. The van der Waals surface area contributed by atoms with Crippen molar-refractivity contribution in [2.75, 3.05) is 16.8 Å². The van der Waals surface area contributed by atoms with Crippen molar-refractivity contribution >= 4 is 34.2 Å². The van der Waals surface area contributed by atoms with E-state index in [1.807, 2.05) is 6.07 Å². The van der Waals surface area contributed by atoms with Crippen LogP contribution in [0.15, 0.2) is 35.5 Å². The summed E-state index contributed by atoms with van der Waals surface area (Å²) >= 11 is 0. The smallest absolute Gasteiger partial charge is 0.211 e. The first-order chi connectivity index (χ1) is 13.5. The maximum absolute atomic E-state index is 14.2. The van der Waals surface area contributed by atoms with Gasteiger partial charge in [0.05, 0.1) is 11.2 Å². The Morgan fingerprint density at radius 2 is 2.04 bits per heavy atom. The number of nitrogens with zero attached hydrogens (tertiary/aromatic N) is 5. The molecule has 136 valence electrons. The Kier molecular flexibility index (Phi) is 3.87. The van der Waals surface area contributed by atoms with E-state index in [1.165, 1.54) is 12.3 Å². The number of guanidine groups is 1. The Morgan fingerprint density at radius 1 is 1.21 bits per heavy atom. The van der Waals surface area contributed by atoms with Gasteiger partial charge >= 0.3 is 0 Å². The molecule has 0 fully saturated rings. The monoisotopic (exact) mass is 373 g/mol. The van der Waals surface area contributed by atoms with Crippen LogP contribution in [0.2, 0.25) is 0 Å². The molecule has 1 unspecified atom stereocenters. The fraction of sp³-hybridized carbons (Fsp3) is 0.0556. The van der Waals surface area contributed by atoms with Gasteiger partial charge in [0.2, 0.25) is 5.96 Å². The number of hydrogen-bond donors (Lipinski definition) is 4. The first kappa shape index (κ1) is 17.0. The van der Waals surface area contributed by atoms with Gasteiger partial charge in [0.15, 0.2) is 6.19 Å². The van der Waals surface area contributed by atoms with Crippen molar-refractivity contribution < 1.29 is 4.39 Å². The number of nitrogens with one attached hydrogen (secondary N) is 2. The van der Waals surface area contributed by atoms with Gasteiger partial charge < -0.3 is 16.8 Å². The molecule has 3 aromatic rings. The van der Waals surface area contributed by atoms with Gasteiger partial charge in [-0.25, -0.2) is 14.4 Å². The van der Waals surface area contributed by atoms with Crippen LogP contribution < -0.4 is 22.1 Å². The largest absolute Gasteiger partial charge is 0.397 e. The Balaban J connectivity index is 2.04. The minimum Gasteiger partial charge on any atom is -0.397 e. The van der Waals surface area contributed by atoms with Crippen LogP contribution in [-0.2, 0) is 0 Å². The highest BCUT2D eigenvalue weighted by atomic mass is 19.1. The van der Waals surface area contributed by atoms with Gasteiger partial charge in [-0.05, 0) is 18.2 Å². The van der Waals surface area contributed by atoms with E-state index in [9.17, 15) is 9.65 Å². The predicted molar refractivity (Wildman–Crippen MR) is 101 cm³/mol. The summed E-state index contributed by atoms with van der Waals surface area (Å²) in [5.41, 5.74) is 13.5. The average Bonchev–Trinajstić information content (AvgIpc) is 2.68. The highest BCUT2D eigenvalue weighted by Crippen LogP contribution is 2.42. The molecule has 1 aromatic carbocycles. The summed E-state index contributed by atoms with van der Waals surface area (Å²) in [6.07, 6.45) is 3.32. The van der Waals surface area contributed by atoms with Crippen LogP contribution >= 0.6 is 0 Å². The number of rotatable bonds is 1. The predicted octanol–water partition coefficient (Wildman–Crippen LogP) is 1.75. The van der Waals surface area contributed by atoms with Gasteiger partial charge in [0, 0.05) is 22.7 Å². The SMILES string of the molecule is N#CNC1=NC(c2ccc(F)c3cccnc23)c2c(nc(N)c(C#N)c2N)N1. The van der Waals surface area contributed by atoms with E-state index in [1.54, 1.807) is 24.4 Å². The van der Waals surface area contributed by atoms with E-state index in [2.05, 4.69) is 25.6 Å². The second kappa shape index (κ2) is 6.37. The fourth-order valence-corrected chi connectivity index (χ4v) is 3.19.